The average Bonchev–Trinajstić information content (AvgIpc) is 3.07. The molecule has 0 saturated carbocycles. The molecule has 0 aliphatic rings. The number of anilines is 1. The second-order valence-corrected chi connectivity index (χ2v) is 6.42. The van der Waals surface area contributed by atoms with Crippen molar-refractivity contribution in [3.05, 3.63) is 70.2 Å². The zero-order valence-electron chi connectivity index (χ0n) is 15.3. The Kier molecular flexibility index (Phi) is 5.96. The topological polar surface area (TPSA) is 84.2 Å². The van der Waals surface area contributed by atoms with Gasteiger partial charge in [0.1, 0.15) is 22.8 Å². The number of terminal acetylenes is 1. The van der Waals surface area contributed by atoms with Gasteiger partial charge in [0.2, 0.25) is 5.91 Å². The van der Waals surface area contributed by atoms with Crippen molar-refractivity contribution in [2.45, 2.75) is 6.92 Å². The van der Waals surface area contributed by atoms with E-state index in [9.17, 15) is 14.0 Å². The van der Waals surface area contributed by atoms with Crippen molar-refractivity contribution in [2.24, 2.45) is 0 Å². The van der Waals surface area contributed by atoms with Gasteiger partial charge in [0.15, 0.2) is 0 Å². The van der Waals surface area contributed by atoms with E-state index < -0.39 is 17.6 Å². The minimum absolute atomic E-state index is 0.000806. The summed E-state index contributed by atoms with van der Waals surface area (Å²) in [4.78, 5) is 24.8. The minimum atomic E-state index is -0.648. The monoisotopic (exact) mass is 411 g/mol. The van der Waals surface area contributed by atoms with Gasteiger partial charge in [0.05, 0.1) is 17.1 Å². The predicted molar refractivity (Wildman–Crippen MR) is 107 cm³/mol. The van der Waals surface area contributed by atoms with Crippen molar-refractivity contribution < 1.29 is 18.5 Å². The molecule has 0 fully saturated rings. The highest BCUT2D eigenvalue weighted by Crippen LogP contribution is 2.33. The molecule has 8 heteroatoms. The summed E-state index contributed by atoms with van der Waals surface area (Å²) in [6, 6.07) is 10.8. The van der Waals surface area contributed by atoms with Crippen molar-refractivity contribution in [2.75, 3.05) is 11.9 Å². The maximum Gasteiger partial charge on any atom is 0.257 e. The highest BCUT2D eigenvalue weighted by Gasteiger charge is 2.25. The second-order valence-electron chi connectivity index (χ2n) is 6.02. The molecule has 146 valence electrons. The number of nitrogens with zero attached hydrogens (tertiary/aromatic N) is 1. The SMILES string of the molecule is C#Cc1cccc(NC(=O)CNC(=O)c2c(-c3c(F)cccc3Cl)noc2C)c1. The van der Waals surface area contributed by atoms with Crippen molar-refractivity contribution in [1.82, 2.24) is 10.5 Å². The Morgan fingerprint density at radius 3 is 2.76 bits per heavy atom. The fourth-order valence-electron chi connectivity index (χ4n) is 2.68. The van der Waals surface area contributed by atoms with E-state index in [-0.39, 0.29) is 34.1 Å². The summed E-state index contributed by atoms with van der Waals surface area (Å²) in [6.45, 7) is 1.18. The summed E-state index contributed by atoms with van der Waals surface area (Å²) in [6.07, 6.45) is 5.33. The fourth-order valence-corrected chi connectivity index (χ4v) is 2.93. The molecule has 3 rings (SSSR count). The van der Waals surface area contributed by atoms with Crippen LogP contribution in [0.5, 0.6) is 0 Å². The molecule has 0 aliphatic heterocycles. The number of halogens is 2. The Morgan fingerprint density at radius 1 is 1.28 bits per heavy atom. The molecule has 0 bridgehead atoms. The number of nitrogens with one attached hydrogen (secondary N) is 2. The molecule has 0 spiro atoms. The van der Waals surface area contributed by atoms with Gasteiger partial charge in [0.25, 0.3) is 5.91 Å². The summed E-state index contributed by atoms with van der Waals surface area (Å²) in [5.74, 6) is 0.872. The molecule has 2 aromatic carbocycles. The van der Waals surface area contributed by atoms with Crippen LogP contribution in [0.2, 0.25) is 5.02 Å². The van der Waals surface area contributed by atoms with Crippen LogP contribution in [-0.4, -0.2) is 23.5 Å². The number of rotatable bonds is 5. The van der Waals surface area contributed by atoms with Crippen LogP contribution in [0.15, 0.2) is 47.0 Å². The van der Waals surface area contributed by atoms with Crippen LogP contribution < -0.4 is 10.6 Å². The molecule has 1 heterocycles. The fraction of sp³-hybridized carbons (Fsp3) is 0.0952. The quantitative estimate of drug-likeness (QED) is 0.625. The van der Waals surface area contributed by atoms with Crippen LogP contribution in [0.4, 0.5) is 10.1 Å². The van der Waals surface area contributed by atoms with E-state index in [1.54, 1.807) is 24.3 Å². The summed E-state index contributed by atoms with van der Waals surface area (Å²) in [5.41, 5.74) is 1.02. The maximum atomic E-state index is 14.2. The Morgan fingerprint density at radius 2 is 2.03 bits per heavy atom. The Hall–Kier alpha value is -3.63. The van der Waals surface area contributed by atoms with Crippen LogP contribution >= 0.6 is 11.6 Å². The predicted octanol–water partition coefficient (Wildman–Crippen LogP) is 3.79. The average molecular weight is 412 g/mol. The first-order chi connectivity index (χ1) is 13.9. The van der Waals surface area contributed by atoms with Gasteiger partial charge >= 0.3 is 0 Å². The number of amides is 2. The van der Waals surface area contributed by atoms with Gasteiger partial charge in [-0.15, -0.1) is 6.42 Å². The molecular weight excluding hydrogens is 397 g/mol. The molecule has 2 amide bonds. The lowest BCUT2D eigenvalue weighted by molar-refractivity contribution is -0.115. The molecule has 0 radical (unpaired) electrons. The van der Waals surface area contributed by atoms with E-state index in [0.29, 0.717) is 11.3 Å². The molecular formula is C21H15ClFN3O3. The van der Waals surface area contributed by atoms with Crippen LogP contribution in [-0.2, 0) is 4.79 Å². The van der Waals surface area contributed by atoms with E-state index in [1.165, 1.54) is 25.1 Å². The number of hydrogen-bond acceptors (Lipinski definition) is 4. The summed E-state index contributed by atoms with van der Waals surface area (Å²) >= 11 is 6.06. The van der Waals surface area contributed by atoms with Crippen molar-refractivity contribution in [3.63, 3.8) is 0 Å². The summed E-state index contributed by atoms with van der Waals surface area (Å²) in [5, 5.41) is 8.94. The molecule has 1 aromatic heterocycles. The zero-order chi connectivity index (χ0) is 21.0. The van der Waals surface area contributed by atoms with Crippen LogP contribution in [0.1, 0.15) is 21.7 Å². The van der Waals surface area contributed by atoms with E-state index in [0.717, 1.165) is 0 Å². The van der Waals surface area contributed by atoms with Crippen molar-refractivity contribution in [1.29, 1.82) is 0 Å². The molecule has 0 aliphatic carbocycles. The number of aromatic nitrogens is 1. The third-order valence-corrected chi connectivity index (χ3v) is 4.33. The van der Waals surface area contributed by atoms with Gasteiger partial charge in [-0.05, 0) is 37.3 Å². The smallest absolute Gasteiger partial charge is 0.257 e. The highest BCUT2D eigenvalue weighted by molar-refractivity contribution is 6.33. The van der Waals surface area contributed by atoms with E-state index >= 15 is 0 Å². The lowest BCUT2D eigenvalue weighted by Crippen LogP contribution is -2.33. The molecule has 29 heavy (non-hydrogen) atoms. The zero-order valence-corrected chi connectivity index (χ0v) is 16.0. The number of carbonyl (C=O) groups is 2. The minimum Gasteiger partial charge on any atom is -0.360 e. The Labute approximate surface area is 171 Å². The standard InChI is InChI=1S/C21H15ClFN3O3/c1-3-13-6-4-7-14(10-13)25-17(27)11-24-21(28)18-12(2)29-26-20(18)19-15(22)8-5-9-16(19)23/h1,4-10H,11H2,2H3,(H,24,28)(H,25,27). The normalized spacial score (nSPS) is 10.3. The number of aryl methyl sites for hydroxylation is 1. The van der Waals surface area contributed by atoms with Crippen LogP contribution in [0.3, 0.4) is 0 Å². The number of hydrogen-bond donors (Lipinski definition) is 2. The molecule has 6 nitrogen and oxygen atoms in total. The Bertz CT molecular complexity index is 1110. The molecule has 3 aromatic rings. The molecule has 0 unspecified atom stereocenters. The van der Waals surface area contributed by atoms with Gasteiger partial charge < -0.3 is 15.2 Å². The molecule has 2 N–H and O–H groups in total. The van der Waals surface area contributed by atoms with Gasteiger partial charge in [-0.2, -0.15) is 0 Å². The second kappa shape index (κ2) is 8.59. The first-order valence-electron chi connectivity index (χ1n) is 8.46. The van der Waals surface area contributed by atoms with Crippen LogP contribution in [0, 0.1) is 25.1 Å². The molecule has 0 atom stereocenters. The van der Waals surface area contributed by atoms with Gasteiger partial charge in [-0.1, -0.05) is 34.8 Å². The highest BCUT2D eigenvalue weighted by atomic mass is 35.5. The van der Waals surface area contributed by atoms with Crippen molar-refractivity contribution in [3.8, 4) is 23.6 Å². The first-order valence-corrected chi connectivity index (χ1v) is 8.84. The third-order valence-electron chi connectivity index (χ3n) is 4.01. The van der Waals surface area contributed by atoms with E-state index in [2.05, 4.69) is 21.7 Å². The number of benzene rings is 2. The van der Waals surface area contributed by atoms with Crippen molar-refractivity contribution >= 4 is 29.1 Å². The maximum absolute atomic E-state index is 14.2. The molecule has 0 saturated heterocycles. The summed E-state index contributed by atoms with van der Waals surface area (Å²) in [7, 11) is 0. The summed E-state index contributed by atoms with van der Waals surface area (Å²) < 4.78 is 19.3. The number of carbonyl (C=O) groups excluding carboxylic acids is 2. The lowest BCUT2D eigenvalue weighted by atomic mass is 10.0. The van der Waals surface area contributed by atoms with Gasteiger partial charge in [-0.3, -0.25) is 9.59 Å². The third kappa shape index (κ3) is 4.45. The van der Waals surface area contributed by atoms with E-state index in [4.69, 9.17) is 22.5 Å². The van der Waals surface area contributed by atoms with Gasteiger partial charge in [0, 0.05) is 11.3 Å². The first kappa shape index (κ1) is 20.1. The largest absolute Gasteiger partial charge is 0.360 e. The van der Waals surface area contributed by atoms with E-state index in [1.807, 2.05) is 0 Å². The van der Waals surface area contributed by atoms with Crippen LogP contribution in [0.25, 0.3) is 11.3 Å². The Balaban J connectivity index is 1.74. The van der Waals surface area contributed by atoms with Gasteiger partial charge in [-0.25, -0.2) is 4.39 Å². The lowest BCUT2D eigenvalue weighted by Gasteiger charge is -2.08.